The van der Waals surface area contributed by atoms with Crippen molar-refractivity contribution in [1.82, 2.24) is 20.6 Å². The molecule has 0 aliphatic carbocycles. The van der Waals surface area contributed by atoms with Gasteiger partial charge in [-0.2, -0.15) is 4.98 Å². The van der Waals surface area contributed by atoms with Crippen molar-refractivity contribution in [3.8, 4) is 5.75 Å². The number of benzene rings is 1. The number of rotatable bonds is 6. The molecule has 10 heteroatoms. The topological polar surface area (TPSA) is 125 Å². The van der Waals surface area contributed by atoms with Gasteiger partial charge >= 0.3 is 0 Å². The van der Waals surface area contributed by atoms with Crippen LogP contribution in [0.4, 0.5) is 23.1 Å². The maximum atomic E-state index is 12.7. The molecule has 0 bridgehead atoms. The molecular formula is C22H30N7O3+. The van der Waals surface area contributed by atoms with Crippen LogP contribution in [-0.2, 0) is 4.79 Å². The lowest BCUT2D eigenvalue weighted by Crippen LogP contribution is -2.90. The molecule has 4 rings (SSSR count). The van der Waals surface area contributed by atoms with Gasteiger partial charge in [-0.25, -0.2) is 4.98 Å². The molecule has 1 atom stereocenters. The molecule has 0 spiro atoms. The Kier molecular flexibility index (Phi) is 6.52. The zero-order valence-electron chi connectivity index (χ0n) is 18.6. The summed E-state index contributed by atoms with van der Waals surface area (Å²) in [4.78, 5) is 35.6. The van der Waals surface area contributed by atoms with E-state index in [1.54, 1.807) is 43.5 Å². The lowest BCUT2D eigenvalue weighted by Gasteiger charge is -2.27. The van der Waals surface area contributed by atoms with Crippen LogP contribution in [0.25, 0.3) is 0 Å². The van der Waals surface area contributed by atoms with Gasteiger partial charge in [0.2, 0.25) is 5.95 Å². The fourth-order valence-electron chi connectivity index (χ4n) is 4.04. The van der Waals surface area contributed by atoms with Crippen LogP contribution >= 0.6 is 0 Å². The molecule has 5 N–H and O–H groups in total. The summed E-state index contributed by atoms with van der Waals surface area (Å²) in [5.41, 5.74) is 1.87. The van der Waals surface area contributed by atoms with Crippen LogP contribution in [0.15, 0.2) is 24.4 Å². The number of hydrogen-bond donors (Lipinski definition) is 4. The number of nitrogens with zero attached hydrogens (tertiary/aromatic N) is 3. The number of nitrogens with two attached hydrogens (primary N) is 1. The number of fused-ring (bicyclic) bond motifs is 1. The quantitative estimate of drug-likeness (QED) is 0.520. The average molecular weight is 441 g/mol. The summed E-state index contributed by atoms with van der Waals surface area (Å²) >= 11 is 0. The van der Waals surface area contributed by atoms with Gasteiger partial charge in [-0.05, 0) is 44.1 Å². The first kappa shape index (κ1) is 22.0. The number of piperidine rings is 1. The number of carbonyl (C=O) groups is 2. The van der Waals surface area contributed by atoms with Crippen LogP contribution in [-0.4, -0.2) is 61.1 Å². The number of anilines is 3. The molecule has 1 fully saturated rings. The van der Waals surface area contributed by atoms with Gasteiger partial charge < -0.3 is 25.6 Å². The number of aromatic nitrogens is 2. The van der Waals surface area contributed by atoms with Crippen LogP contribution in [0.1, 0.15) is 36.5 Å². The third kappa shape index (κ3) is 4.51. The van der Waals surface area contributed by atoms with Crippen LogP contribution in [0, 0.1) is 0 Å². The van der Waals surface area contributed by atoms with E-state index in [0.29, 0.717) is 40.9 Å². The minimum absolute atomic E-state index is 0.0457. The minimum atomic E-state index is -0.192. The summed E-state index contributed by atoms with van der Waals surface area (Å²) in [5.74, 6) is 1.56. The first-order chi connectivity index (χ1) is 15.5. The second kappa shape index (κ2) is 9.49. The fraction of sp³-hybridized carbons (Fsp3) is 0.455. The molecule has 2 aliphatic heterocycles. The Bertz CT molecular complexity index is 1010. The van der Waals surface area contributed by atoms with E-state index in [1.165, 1.54) is 0 Å². The summed E-state index contributed by atoms with van der Waals surface area (Å²) in [6, 6.07) is 5.24. The third-order valence-electron chi connectivity index (χ3n) is 5.99. The maximum Gasteiger partial charge on any atom is 0.285 e. The number of amides is 2. The number of ether oxygens (including phenoxy) is 1. The first-order valence-electron chi connectivity index (χ1n) is 11.0. The van der Waals surface area contributed by atoms with Gasteiger partial charge in [0.05, 0.1) is 19.0 Å². The lowest BCUT2D eigenvalue weighted by atomic mass is 10.1. The van der Waals surface area contributed by atoms with Crippen molar-refractivity contribution in [2.75, 3.05) is 37.5 Å². The van der Waals surface area contributed by atoms with Crippen LogP contribution in [0.5, 0.6) is 5.75 Å². The molecule has 2 amide bonds. The number of quaternary nitrogens is 1. The van der Waals surface area contributed by atoms with Gasteiger partial charge in [-0.15, -0.1) is 0 Å². The van der Waals surface area contributed by atoms with E-state index in [1.807, 2.05) is 12.2 Å². The highest BCUT2D eigenvalue weighted by atomic mass is 16.5. The Labute approximate surface area is 187 Å². The molecule has 1 saturated heterocycles. The number of methoxy groups -OCH3 is 1. The summed E-state index contributed by atoms with van der Waals surface area (Å²) in [5, 5.41) is 11.4. The minimum Gasteiger partial charge on any atom is -0.495 e. The monoisotopic (exact) mass is 440 g/mol. The Hall–Kier alpha value is -3.24. The molecule has 2 aromatic rings. The van der Waals surface area contributed by atoms with Crippen molar-refractivity contribution in [2.24, 2.45) is 0 Å². The second-order valence-electron chi connectivity index (χ2n) is 8.08. The van der Waals surface area contributed by atoms with Gasteiger partial charge in [0.15, 0.2) is 6.04 Å². The van der Waals surface area contributed by atoms with Crippen molar-refractivity contribution in [3.63, 3.8) is 0 Å². The zero-order valence-corrected chi connectivity index (χ0v) is 18.6. The van der Waals surface area contributed by atoms with Crippen LogP contribution < -0.4 is 30.9 Å². The molecule has 1 aromatic carbocycles. The molecule has 10 nitrogen and oxygen atoms in total. The van der Waals surface area contributed by atoms with Crippen molar-refractivity contribution < 1.29 is 19.6 Å². The lowest BCUT2D eigenvalue weighted by molar-refractivity contribution is -0.601. The highest BCUT2D eigenvalue weighted by molar-refractivity contribution is 5.99. The molecular weight excluding hydrogens is 410 g/mol. The van der Waals surface area contributed by atoms with E-state index < -0.39 is 0 Å². The Balaban J connectivity index is 1.51. The predicted molar refractivity (Wildman–Crippen MR) is 121 cm³/mol. The van der Waals surface area contributed by atoms with Gasteiger partial charge in [0.1, 0.15) is 11.4 Å². The maximum absolute atomic E-state index is 12.7. The molecule has 3 heterocycles. The third-order valence-corrected chi connectivity index (χ3v) is 5.99. The fourth-order valence-corrected chi connectivity index (χ4v) is 4.04. The van der Waals surface area contributed by atoms with Crippen LogP contribution in [0.2, 0.25) is 0 Å². The smallest absolute Gasteiger partial charge is 0.285 e. The number of likely N-dealkylation sites (N-methyl/N-ethyl adjacent to an activating group) is 1. The van der Waals surface area contributed by atoms with E-state index in [0.717, 1.165) is 25.9 Å². The second-order valence-corrected chi connectivity index (χ2v) is 8.08. The Morgan fingerprint density at radius 1 is 1.34 bits per heavy atom. The number of carbonyl (C=O) groups excluding carboxylic acids is 2. The van der Waals surface area contributed by atoms with Gasteiger partial charge in [0, 0.05) is 25.1 Å². The van der Waals surface area contributed by atoms with E-state index in [2.05, 4.69) is 25.9 Å². The highest BCUT2D eigenvalue weighted by Gasteiger charge is 2.34. The van der Waals surface area contributed by atoms with Gasteiger partial charge in [-0.3, -0.25) is 14.9 Å². The number of hydrogen-bond acceptors (Lipinski definition) is 7. The van der Waals surface area contributed by atoms with E-state index in [4.69, 9.17) is 4.74 Å². The van der Waals surface area contributed by atoms with E-state index in [9.17, 15) is 9.59 Å². The Morgan fingerprint density at radius 3 is 2.84 bits per heavy atom. The summed E-state index contributed by atoms with van der Waals surface area (Å²) in [6.07, 6.45) is 4.20. The van der Waals surface area contributed by atoms with E-state index >= 15 is 0 Å². The first-order valence-corrected chi connectivity index (χ1v) is 11.0. The Morgan fingerprint density at radius 2 is 2.12 bits per heavy atom. The van der Waals surface area contributed by atoms with Gasteiger partial charge in [0.25, 0.3) is 17.6 Å². The van der Waals surface area contributed by atoms with Gasteiger partial charge in [-0.1, -0.05) is 6.92 Å². The van der Waals surface area contributed by atoms with Crippen molar-refractivity contribution in [1.29, 1.82) is 0 Å². The molecule has 0 radical (unpaired) electrons. The molecule has 0 saturated carbocycles. The van der Waals surface area contributed by atoms with Crippen molar-refractivity contribution in [2.45, 2.75) is 38.3 Å². The van der Waals surface area contributed by atoms with Crippen molar-refractivity contribution in [3.05, 3.63) is 30.0 Å². The van der Waals surface area contributed by atoms with E-state index in [-0.39, 0.29) is 23.9 Å². The SMILES string of the molecule is CC[C@H]1[NH2+]c2nc(Nc3ccc(C(=O)NC4CCNCC4)cc3OC)ncc2N(C)C1=O. The molecule has 1 aromatic heterocycles. The summed E-state index contributed by atoms with van der Waals surface area (Å²) in [6.45, 7) is 3.81. The predicted octanol–water partition coefficient (Wildman–Crippen LogP) is 0.661. The zero-order chi connectivity index (χ0) is 22.7. The highest BCUT2D eigenvalue weighted by Crippen LogP contribution is 2.30. The normalized spacial score (nSPS) is 18.8. The standard InChI is InChI=1S/C22H29N7O3/c1-4-15-21(31)29(2)17-12-24-22(28-19(17)26-15)27-16-6-5-13(11-18(16)32-3)20(30)25-14-7-9-23-10-8-14/h5-6,11-12,14-15,23H,4,7-10H2,1-3H3,(H,25,30)(H2,24,26,27,28)/p+1/t15-/m1/s1. The average Bonchev–Trinajstić information content (AvgIpc) is 2.82. The summed E-state index contributed by atoms with van der Waals surface area (Å²) in [7, 11) is 3.30. The van der Waals surface area contributed by atoms with Crippen LogP contribution in [0.3, 0.4) is 0 Å². The summed E-state index contributed by atoms with van der Waals surface area (Å²) < 4.78 is 5.51. The molecule has 170 valence electrons. The largest absolute Gasteiger partial charge is 0.495 e. The van der Waals surface area contributed by atoms with Crippen molar-refractivity contribution >= 4 is 35.0 Å². The molecule has 32 heavy (non-hydrogen) atoms. The molecule has 2 aliphatic rings. The number of nitrogens with one attached hydrogen (secondary N) is 3. The molecule has 0 unspecified atom stereocenters.